The van der Waals surface area contributed by atoms with Gasteiger partial charge in [-0.05, 0) is 6.92 Å². The van der Waals surface area contributed by atoms with E-state index < -0.39 is 10.0 Å². The fraction of sp³-hybridized carbons (Fsp3) is 0.556. The molecule has 1 rings (SSSR count). The number of nitrogens with zero attached hydrogens (tertiary/aromatic N) is 2. The Kier molecular flexibility index (Phi) is 4.64. The number of imidazole rings is 1. The number of nitrogens with one attached hydrogen (secondary N) is 2. The Labute approximate surface area is 100 Å². The molecule has 0 aliphatic carbocycles. The predicted octanol–water partition coefficient (Wildman–Crippen LogP) is -0.444. The maximum Gasteiger partial charge on any atom is 0.260 e. The zero-order chi connectivity index (χ0) is 12.9. The van der Waals surface area contributed by atoms with Crippen LogP contribution in [0.5, 0.6) is 0 Å². The molecule has 0 spiro atoms. The summed E-state index contributed by atoms with van der Waals surface area (Å²) in [6, 6.07) is 0. The predicted molar refractivity (Wildman–Crippen MR) is 61.7 cm³/mol. The second-order valence-electron chi connectivity index (χ2n) is 3.30. The normalized spacial score (nSPS) is 11.7. The van der Waals surface area contributed by atoms with E-state index in [2.05, 4.69) is 15.3 Å². The first-order chi connectivity index (χ1) is 8.02. The number of hydrogen-bond acceptors (Lipinski definition) is 4. The highest BCUT2D eigenvalue weighted by Crippen LogP contribution is 2.11. The van der Waals surface area contributed by atoms with E-state index in [1.165, 1.54) is 12.5 Å². The van der Waals surface area contributed by atoms with Crippen LogP contribution >= 0.6 is 0 Å². The van der Waals surface area contributed by atoms with Crippen LogP contribution in [-0.2, 0) is 14.8 Å². The van der Waals surface area contributed by atoms with Crippen LogP contribution in [0.4, 0.5) is 0 Å². The van der Waals surface area contributed by atoms with Crippen molar-refractivity contribution in [1.29, 1.82) is 0 Å². The van der Waals surface area contributed by atoms with E-state index in [4.69, 9.17) is 0 Å². The maximum absolute atomic E-state index is 12.0. The summed E-state index contributed by atoms with van der Waals surface area (Å²) in [6.07, 6.45) is 2.50. The quantitative estimate of drug-likeness (QED) is 0.724. The largest absolute Gasteiger partial charge is 0.355 e. The third-order valence-corrected chi connectivity index (χ3v) is 3.98. The third kappa shape index (κ3) is 3.27. The minimum Gasteiger partial charge on any atom is -0.355 e. The van der Waals surface area contributed by atoms with Crippen LogP contribution in [0.1, 0.15) is 13.8 Å². The Morgan fingerprint density at radius 3 is 2.71 bits per heavy atom. The second kappa shape index (κ2) is 5.78. The molecule has 8 heteroatoms. The van der Waals surface area contributed by atoms with E-state index in [0.29, 0.717) is 6.54 Å². The molecule has 0 aliphatic rings. The molecular formula is C9H16N4O3S. The molecule has 0 aliphatic heterocycles. The van der Waals surface area contributed by atoms with Gasteiger partial charge in [-0.15, -0.1) is 0 Å². The van der Waals surface area contributed by atoms with Gasteiger partial charge in [-0.2, -0.15) is 4.31 Å². The van der Waals surface area contributed by atoms with E-state index in [-0.39, 0.29) is 24.0 Å². The van der Waals surface area contributed by atoms with Crippen LogP contribution < -0.4 is 5.32 Å². The summed E-state index contributed by atoms with van der Waals surface area (Å²) in [5.74, 6) is -0.322. The molecule has 1 heterocycles. The summed E-state index contributed by atoms with van der Waals surface area (Å²) in [6.45, 7) is 3.95. The van der Waals surface area contributed by atoms with Crippen LogP contribution in [0.3, 0.4) is 0 Å². The molecule has 17 heavy (non-hydrogen) atoms. The van der Waals surface area contributed by atoms with Crippen molar-refractivity contribution in [1.82, 2.24) is 19.6 Å². The average Bonchev–Trinajstić information content (AvgIpc) is 2.80. The smallest absolute Gasteiger partial charge is 0.260 e. The first-order valence-electron chi connectivity index (χ1n) is 5.27. The van der Waals surface area contributed by atoms with Crippen molar-refractivity contribution in [3.05, 3.63) is 12.5 Å². The van der Waals surface area contributed by atoms with E-state index in [0.717, 1.165) is 4.31 Å². The summed E-state index contributed by atoms with van der Waals surface area (Å²) >= 11 is 0. The number of hydrogen-bond donors (Lipinski definition) is 2. The molecule has 0 saturated carbocycles. The van der Waals surface area contributed by atoms with Gasteiger partial charge in [-0.3, -0.25) is 4.79 Å². The van der Waals surface area contributed by atoms with Gasteiger partial charge in [0.25, 0.3) is 10.0 Å². The number of aromatic amines is 1. The van der Waals surface area contributed by atoms with Crippen molar-refractivity contribution in [3.8, 4) is 0 Å². The molecule has 0 bridgehead atoms. The Bertz CT molecular complexity index is 455. The topological polar surface area (TPSA) is 95.2 Å². The SMILES string of the molecule is CCNC(=O)CN(CC)S(=O)(=O)c1cnc[nH]1. The Morgan fingerprint density at radius 2 is 2.24 bits per heavy atom. The van der Waals surface area contributed by atoms with Gasteiger partial charge in [0.05, 0.1) is 19.1 Å². The summed E-state index contributed by atoms with van der Waals surface area (Å²) < 4.78 is 25.2. The molecule has 0 atom stereocenters. The Balaban J connectivity index is 2.84. The first kappa shape index (κ1) is 13.7. The highest BCUT2D eigenvalue weighted by Gasteiger charge is 2.26. The van der Waals surface area contributed by atoms with E-state index >= 15 is 0 Å². The number of carbonyl (C=O) groups excluding carboxylic acids is 1. The van der Waals surface area contributed by atoms with Gasteiger partial charge in [-0.25, -0.2) is 13.4 Å². The number of amides is 1. The zero-order valence-electron chi connectivity index (χ0n) is 9.80. The van der Waals surface area contributed by atoms with Crippen LogP contribution in [0.15, 0.2) is 17.6 Å². The number of rotatable bonds is 6. The second-order valence-corrected chi connectivity index (χ2v) is 5.21. The maximum atomic E-state index is 12.0. The van der Waals surface area contributed by atoms with Gasteiger partial charge >= 0.3 is 0 Å². The minimum atomic E-state index is -3.67. The van der Waals surface area contributed by atoms with Gasteiger partial charge in [0.15, 0.2) is 5.03 Å². The number of aromatic nitrogens is 2. The molecule has 1 aromatic heterocycles. The highest BCUT2D eigenvalue weighted by atomic mass is 32.2. The first-order valence-corrected chi connectivity index (χ1v) is 6.71. The number of likely N-dealkylation sites (N-methyl/N-ethyl adjacent to an activating group) is 2. The highest BCUT2D eigenvalue weighted by molar-refractivity contribution is 7.89. The van der Waals surface area contributed by atoms with E-state index in [9.17, 15) is 13.2 Å². The summed E-state index contributed by atoms with van der Waals surface area (Å²) in [5.41, 5.74) is 0. The van der Waals surface area contributed by atoms with Crippen LogP contribution in [0.25, 0.3) is 0 Å². The van der Waals surface area contributed by atoms with Crippen LogP contribution in [0.2, 0.25) is 0 Å². The molecule has 0 fully saturated rings. The molecule has 96 valence electrons. The molecule has 2 N–H and O–H groups in total. The van der Waals surface area contributed by atoms with Gasteiger partial charge in [0.1, 0.15) is 0 Å². The van der Waals surface area contributed by atoms with Crippen molar-refractivity contribution in [2.75, 3.05) is 19.6 Å². The van der Waals surface area contributed by atoms with E-state index in [1.54, 1.807) is 13.8 Å². The number of sulfonamides is 1. The summed E-state index contributed by atoms with van der Waals surface area (Å²) in [5, 5.41) is 2.55. The zero-order valence-corrected chi connectivity index (χ0v) is 10.6. The minimum absolute atomic E-state index is 0.0105. The van der Waals surface area contributed by atoms with Gasteiger partial charge < -0.3 is 10.3 Å². The lowest BCUT2D eigenvalue weighted by Gasteiger charge is -2.18. The standard InChI is InChI=1S/C9H16N4O3S/c1-3-11-8(14)6-13(4-2)17(15,16)9-5-10-7-12-9/h5,7H,3-4,6H2,1-2H3,(H,10,12)(H,11,14). The molecule has 7 nitrogen and oxygen atoms in total. The summed E-state index contributed by atoms with van der Waals surface area (Å²) in [7, 11) is -3.67. The monoisotopic (exact) mass is 260 g/mol. The van der Waals surface area contributed by atoms with Crippen LogP contribution in [-0.4, -0.2) is 48.2 Å². The van der Waals surface area contributed by atoms with E-state index in [1.807, 2.05) is 0 Å². The molecular weight excluding hydrogens is 244 g/mol. The van der Waals surface area contributed by atoms with Gasteiger partial charge in [0.2, 0.25) is 5.91 Å². The molecule has 0 radical (unpaired) electrons. The lowest BCUT2D eigenvalue weighted by molar-refractivity contribution is -0.121. The van der Waals surface area contributed by atoms with Crippen molar-refractivity contribution in [2.45, 2.75) is 18.9 Å². The Morgan fingerprint density at radius 1 is 1.53 bits per heavy atom. The number of H-pyrrole nitrogens is 1. The summed E-state index contributed by atoms with van der Waals surface area (Å²) in [4.78, 5) is 17.6. The van der Waals surface area contributed by atoms with Crippen LogP contribution in [0, 0.1) is 0 Å². The molecule has 0 saturated heterocycles. The Hall–Kier alpha value is -1.41. The molecule has 0 aromatic carbocycles. The van der Waals surface area contributed by atoms with Crippen molar-refractivity contribution in [3.63, 3.8) is 0 Å². The molecule has 1 amide bonds. The number of carbonyl (C=O) groups is 1. The average molecular weight is 260 g/mol. The fourth-order valence-electron chi connectivity index (χ4n) is 1.30. The van der Waals surface area contributed by atoms with Gasteiger partial charge in [-0.1, -0.05) is 6.92 Å². The van der Waals surface area contributed by atoms with Gasteiger partial charge in [0, 0.05) is 13.1 Å². The van der Waals surface area contributed by atoms with Crippen molar-refractivity contribution in [2.24, 2.45) is 0 Å². The van der Waals surface area contributed by atoms with Crippen molar-refractivity contribution < 1.29 is 13.2 Å². The fourth-order valence-corrected chi connectivity index (χ4v) is 2.60. The molecule has 1 aromatic rings. The lowest BCUT2D eigenvalue weighted by Crippen LogP contribution is -2.40. The van der Waals surface area contributed by atoms with Crippen molar-refractivity contribution >= 4 is 15.9 Å². The molecule has 0 unspecified atom stereocenters. The lowest BCUT2D eigenvalue weighted by atomic mass is 10.5. The third-order valence-electron chi connectivity index (χ3n) is 2.14.